The van der Waals surface area contributed by atoms with Crippen molar-refractivity contribution in [1.29, 1.82) is 0 Å². The van der Waals surface area contributed by atoms with Gasteiger partial charge in [0.25, 0.3) is 0 Å². The first-order chi connectivity index (χ1) is 9.31. The van der Waals surface area contributed by atoms with Crippen LogP contribution in [0.25, 0.3) is 0 Å². The number of ether oxygens (including phenoxy) is 1. The van der Waals surface area contributed by atoms with E-state index in [1.54, 1.807) is 12.3 Å². The fourth-order valence-electron chi connectivity index (χ4n) is 2.52. The van der Waals surface area contributed by atoms with Gasteiger partial charge in [0, 0.05) is 23.2 Å². The maximum atomic E-state index is 13.9. The van der Waals surface area contributed by atoms with Crippen molar-refractivity contribution in [3.8, 4) is 5.75 Å². The van der Waals surface area contributed by atoms with Gasteiger partial charge in [0.2, 0.25) is 0 Å². The summed E-state index contributed by atoms with van der Waals surface area (Å²) in [6, 6.07) is 9.05. The molecule has 0 saturated heterocycles. The molecule has 1 aliphatic rings. The third-order valence-corrected chi connectivity index (χ3v) is 3.46. The highest BCUT2D eigenvalue weighted by molar-refractivity contribution is 5.42. The van der Waals surface area contributed by atoms with Crippen molar-refractivity contribution >= 4 is 0 Å². The number of hydrazine groups is 1. The molecule has 0 radical (unpaired) electrons. The third kappa shape index (κ3) is 2.07. The van der Waals surface area contributed by atoms with E-state index in [-0.39, 0.29) is 17.8 Å². The normalized spacial score (nSPS) is 18.7. The van der Waals surface area contributed by atoms with Gasteiger partial charge in [-0.1, -0.05) is 18.2 Å². The van der Waals surface area contributed by atoms with Gasteiger partial charge in [0.1, 0.15) is 11.6 Å². The molecular formula is C14H14FN3O. The number of rotatable bonds is 3. The van der Waals surface area contributed by atoms with Crippen LogP contribution in [0.1, 0.15) is 23.1 Å². The number of hydrogen-bond acceptors (Lipinski definition) is 4. The van der Waals surface area contributed by atoms with Gasteiger partial charge in [-0.3, -0.25) is 16.3 Å². The minimum atomic E-state index is -0.366. The van der Waals surface area contributed by atoms with Crippen molar-refractivity contribution in [3.05, 3.63) is 59.7 Å². The van der Waals surface area contributed by atoms with Gasteiger partial charge in [-0.25, -0.2) is 4.39 Å². The topological polar surface area (TPSA) is 60.2 Å². The van der Waals surface area contributed by atoms with Gasteiger partial charge in [-0.05, 0) is 12.1 Å². The summed E-state index contributed by atoms with van der Waals surface area (Å²) in [6.45, 7) is 0.482. The summed E-state index contributed by atoms with van der Waals surface area (Å²) in [7, 11) is 0. The molecule has 98 valence electrons. The molecule has 2 unspecified atom stereocenters. The first kappa shape index (κ1) is 12.1. The molecule has 19 heavy (non-hydrogen) atoms. The molecule has 0 amide bonds. The van der Waals surface area contributed by atoms with Crippen molar-refractivity contribution in [2.24, 2.45) is 5.84 Å². The lowest BCUT2D eigenvalue weighted by atomic mass is 9.89. The van der Waals surface area contributed by atoms with Gasteiger partial charge in [-0.2, -0.15) is 0 Å². The van der Waals surface area contributed by atoms with Crippen LogP contribution >= 0.6 is 0 Å². The molecule has 1 aliphatic heterocycles. The second-order valence-corrected chi connectivity index (χ2v) is 4.50. The zero-order chi connectivity index (χ0) is 13.2. The van der Waals surface area contributed by atoms with Crippen LogP contribution in [-0.2, 0) is 0 Å². The Morgan fingerprint density at radius 3 is 3.00 bits per heavy atom. The van der Waals surface area contributed by atoms with E-state index in [4.69, 9.17) is 10.6 Å². The Bertz CT molecular complexity index is 590. The van der Waals surface area contributed by atoms with Gasteiger partial charge in [-0.15, -0.1) is 0 Å². The van der Waals surface area contributed by atoms with E-state index in [9.17, 15) is 4.39 Å². The smallest absolute Gasteiger partial charge is 0.146 e. The zero-order valence-corrected chi connectivity index (χ0v) is 10.2. The Labute approximate surface area is 110 Å². The number of hydrogen-bond donors (Lipinski definition) is 2. The lowest BCUT2D eigenvalue weighted by Gasteiger charge is -2.22. The molecule has 5 heteroatoms. The van der Waals surface area contributed by atoms with Gasteiger partial charge in [0.15, 0.2) is 0 Å². The highest BCUT2D eigenvalue weighted by Crippen LogP contribution is 2.41. The maximum Gasteiger partial charge on any atom is 0.146 e. The Morgan fingerprint density at radius 1 is 1.37 bits per heavy atom. The monoisotopic (exact) mass is 259 g/mol. The van der Waals surface area contributed by atoms with E-state index in [0.29, 0.717) is 12.2 Å². The largest absolute Gasteiger partial charge is 0.493 e. The van der Waals surface area contributed by atoms with Gasteiger partial charge < -0.3 is 4.74 Å². The molecule has 3 N–H and O–H groups in total. The fraction of sp³-hybridized carbons (Fsp3) is 0.214. The summed E-state index contributed by atoms with van der Waals surface area (Å²) in [4.78, 5) is 3.76. The summed E-state index contributed by atoms with van der Waals surface area (Å²) in [5, 5.41) is 0. The zero-order valence-electron chi connectivity index (χ0n) is 10.2. The van der Waals surface area contributed by atoms with Gasteiger partial charge in [0.05, 0.1) is 18.8 Å². The van der Waals surface area contributed by atoms with Crippen LogP contribution in [0.5, 0.6) is 5.75 Å². The molecule has 4 nitrogen and oxygen atoms in total. The number of nitrogens with zero attached hydrogens (tertiary/aromatic N) is 1. The Balaban J connectivity index is 1.99. The van der Waals surface area contributed by atoms with Crippen LogP contribution in [-0.4, -0.2) is 11.6 Å². The lowest BCUT2D eigenvalue weighted by Crippen LogP contribution is -2.34. The predicted octanol–water partition coefficient (Wildman–Crippen LogP) is 1.90. The third-order valence-electron chi connectivity index (χ3n) is 3.46. The van der Waals surface area contributed by atoms with Gasteiger partial charge >= 0.3 is 0 Å². The number of halogens is 1. The lowest BCUT2D eigenvalue weighted by molar-refractivity contribution is 0.298. The highest BCUT2D eigenvalue weighted by atomic mass is 19.1. The number of pyridine rings is 1. The molecule has 0 spiro atoms. The minimum absolute atomic E-state index is 0.0156. The van der Waals surface area contributed by atoms with E-state index < -0.39 is 0 Å². The van der Waals surface area contributed by atoms with E-state index >= 15 is 0 Å². The van der Waals surface area contributed by atoms with Crippen LogP contribution < -0.4 is 16.0 Å². The number of nitrogens with two attached hydrogens (primary N) is 1. The molecule has 2 atom stereocenters. The van der Waals surface area contributed by atoms with Crippen molar-refractivity contribution < 1.29 is 9.13 Å². The SMILES string of the molecule is NNC(c1ccncc1F)C1COc2ccccc21. The molecule has 0 bridgehead atoms. The molecule has 0 fully saturated rings. The highest BCUT2D eigenvalue weighted by Gasteiger charge is 2.32. The number of aromatic nitrogens is 1. The first-order valence-corrected chi connectivity index (χ1v) is 6.08. The van der Waals surface area contributed by atoms with Crippen LogP contribution in [0.2, 0.25) is 0 Å². The maximum absolute atomic E-state index is 13.9. The van der Waals surface area contributed by atoms with Crippen molar-refractivity contribution in [2.75, 3.05) is 6.61 Å². The summed E-state index contributed by atoms with van der Waals surface area (Å²) >= 11 is 0. The number of nitrogens with one attached hydrogen (secondary N) is 1. The molecule has 0 saturated carbocycles. The molecule has 1 aromatic heterocycles. The number of benzene rings is 1. The second kappa shape index (κ2) is 4.95. The van der Waals surface area contributed by atoms with Crippen molar-refractivity contribution in [2.45, 2.75) is 12.0 Å². The molecule has 2 heterocycles. The van der Waals surface area contributed by atoms with Crippen LogP contribution in [0, 0.1) is 5.82 Å². The van der Waals surface area contributed by atoms with E-state index in [0.717, 1.165) is 11.3 Å². The second-order valence-electron chi connectivity index (χ2n) is 4.50. The fourth-order valence-corrected chi connectivity index (χ4v) is 2.52. The van der Waals surface area contributed by atoms with E-state index in [2.05, 4.69) is 10.4 Å². The average Bonchev–Trinajstić information content (AvgIpc) is 2.86. The Hall–Kier alpha value is -1.98. The number of fused-ring (bicyclic) bond motifs is 1. The summed E-state index contributed by atoms with van der Waals surface area (Å²) in [5.41, 5.74) is 4.24. The number of para-hydroxylation sites is 1. The van der Waals surface area contributed by atoms with Crippen LogP contribution in [0.3, 0.4) is 0 Å². The standard InChI is InChI=1S/C14H14FN3O/c15-12-7-17-6-5-10(12)14(18-16)11-8-19-13-4-2-1-3-9(11)13/h1-7,11,14,18H,8,16H2. The van der Waals surface area contributed by atoms with Crippen molar-refractivity contribution in [1.82, 2.24) is 10.4 Å². The van der Waals surface area contributed by atoms with Crippen LogP contribution in [0.15, 0.2) is 42.7 Å². The summed E-state index contributed by atoms with van der Waals surface area (Å²) in [5.74, 6) is 6.07. The minimum Gasteiger partial charge on any atom is -0.493 e. The molecule has 2 aromatic rings. The van der Waals surface area contributed by atoms with Crippen LogP contribution in [0.4, 0.5) is 4.39 Å². The molecule has 3 rings (SSSR count). The van der Waals surface area contributed by atoms with Crippen molar-refractivity contribution in [3.63, 3.8) is 0 Å². The Kier molecular flexibility index (Phi) is 3.15. The molecule has 0 aliphatic carbocycles. The Morgan fingerprint density at radius 2 is 2.21 bits per heavy atom. The summed E-state index contributed by atoms with van der Waals surface area (Å²) in [6.07, 6.45) is 2.76. The molecular weight excluding hydrogens is 245 g/mol. The quantitative estimate of drug-likeness (QED) is 0.653. The summed E-state index contributed by atoms with van der Waals surface area (Å²) < 4.78 is 19.5. The van der Waals surface area contributed by atoms with E-state index in [1.807, 2.05) is 24.3 Å². The first-order valence-electron chi connectivity index (χ1n) is 6.08. The molecule has 1 aromatic carbocycles. The van der Waals surface area contributed by atoms with E-state index in [1.165, 1.54) is 6.20 Å². The average molecular weight is 259 g/mol. The predicted molar refractivity (Wildman–Crippen MR) is 68.9 cm³/mol.